The van der Waals surface area contributed by atoms with Gasteiger partial charge in [0.25, 0.3) is 0 Å². The number of hydrogen-bond donors (Lipinski definition) is 2. The summed E-state index contributed by atoms with van der Waals surface area (Å²) in [5, 5.41) is 6.93. The highest BCUT2D eigenvalue weighted by atomic mass is 16.5. The Morgan fingerprint density at radius 3 is 2.63 bits per heavy atom. The molecule has 144 valence electrons. The van der Waals surface area contributed by atoms with Crippen molar-refractivity contribution in [3.63, 3.8) is 0 Å². The molecule has 0 radical (unpaired) electrons. The van der Waals surface area contributed by atoms with Gasteiger partial charge in [-0.3, -0.25) is 4.99 Å². The number of ether oxygens (including phenoxy) is 1. The molecule has 2 aromatic rings. The molecule has 1 aliphatic rings. The van der Waals surface area contributed by atoms with Crippen molar-refractivity contribution < 1.29 is 4.74 Å². The van der Waals surface area contributed by atoms with Crippen LogP contribution in [0.5, 0.6) is 0 Å². The van der Waals surface area contributed by atoms with E-state index in [1.165, 1.54) is 16.7 Å². The quantitative estimate of drug-likeness (QED) is 0.589. The summed E-state index contributed by atoms with van der Waals surface area (Å²) in [5.74, 6) is 1.28. The molecular weight excluding hydrogens is 334 g/mol. The molecule has 1 heterocycles. The summed E-state index contributed by atoms with van der Waals surface area (Å²) in [6, 6.07) is 19.2. The van der Waals surface area contributed by atoms with E-state index in [-0.39, 0.29) is 12.1 Å². The van der Waals surface area contributed by atoms with Gasteiger partial charge in [0.05, 0.1) is 12.1 Å². The van der Waals surface area contributed by atoms with Gasteiger partial charge in [0.15, 0.2) is 5.96 Å². The number of aliphatic imine (C=N–C) groups is 1. The monoisotopic (exact) mass is 365 g/mol. The largest absolute Gasteiger partial charge is 0.373 e. The third-order valence-electron chi connectivity index (χ3n) is 5.18. The minimum absolute atomic E-state index is 0.145. The maximum atomic E-state index is 6.00. The second-order valence-corrected chi connectivity index (χ2v) is 7.19. The van der Waals surface area contributed by atoms with Crippen LogP contribution in [0.2, 0.25) is 0 Å². The first-order valence-corrected chi connectivity index (χ1v) is 9.96. The number of nitrogens with one attached hydrogen (secondary N) is 2. The second kappa shape index (κ2) is 9.56. The van der Waals surface area contributed by atoms with Crippen LogP contribution >= 0.6 is 0 Å². The van der Waals surface area contributed by atoms with E-state index >= 15 is 0 Å². The van der Waals surface area contributed by atoms with Crippen molar-refractivity contribution in [2.75, 3.05) is 19.7 Å². The van der Waals surface area contributed by atoms with Gasteiger partial charge < -0.3 is 15.4 Å². The molecule has 1 fully saturated rings. The molecule has 3 rings (SSSR count). The van der Waals surface area contributed by atoms with Gasteiger partial charge in [-0.2, -0.15) is 0 Å². The van der Waals surface area contributed by atoms with E-state index in [0.717, 1.165) is 32.1 Å². The summed E-state index contributed by atoms with van der Waals surface area (Å²) in [4.78, 5) is 4.88. The van der Waals surface area contributed by atoms with Crippen LogP contribution in [0.1, 0.15) is 49.1 Å². The molecule has 3 unspecified atom stereocenters. The van der Waals surface area contributed by atoms with Crippen molar-refractivity contribution in [3.8, 4) is 0 Å². The fourth-order valence-electron chi connectivity index (χ4n) is 3.72. The van der Waals surface area contributed by atoms with Gasteiger partial charge in [-0.25, -0.2) is 0 Å². The van der Waals surface area contributed by atoms with E-state index in [1.807, 2.05) is 6.07 Å². The molecule has 0 amide bonds. The van der Waals surface area contributed by atoms with Gasteiger partial charge in [-0.05, 0) is 43.9 Å². The van der Waals surface area contributed by atoms with Crippen LogP contribution in [0.4, 0.5) is 0 Å². The molecule has 1 aliphatic heterocycles. The smallest absolute Gasteiger partial charge is 0.191 e. The zero-order chi connectivity index (χ0) is 19.1. The number of rotatable bonds is 6. The number of guanidine groups is 1. The molecule has 2 N–H and O–H groups in total. The van der Waals surface area contributed by atoms with E-state index in [9.17, 15) is 0 Å². The summed E-state index contributed by atoms with van der Waals surface area (Å²) < 4.78 is 6.00. The summed E-state index contributed by atoms with van der Waals surface area (Å²) in [6.45, 7) is 8.84. The zero-order valence-electron chi connectivity index (χ0n) is 16.6. The maximum Gasteiger partial charge on any atom is 0.191 e. The Labute approximate surface area is 163 Å². The Hall–Kier alpha value is -2.33. The predicted octanol–water partition coefficient (Wildman–Crippen LogP) is 4.39. The lowest BCUT2D eigenvalue weighted by atomic mass is 9.95. The van der Waals surface area contributed by atoms with E-state index in [1.54, 1.807) is 0 Å². The Balaban J connectivity index is 1.67. The molecule has 4 heteroatoms. The van der Waals surface area contributed by atoms with Crippen molar-refractivity contribution in [2.24, 2.45) is 10.9 Å². The van der Waals surface area contributed by atoms with Crippen LogP contribution in [0.15, 0.2) is 59.6 Å². The highest BCUT2D eigenvalue weighted by Crippen LogP contribution is 2.34. The van der Waals surface area contributed by atoms with Gasteiger partial charge in [-0.1, -0.05) is 54.6 Å². The van der Waals surface area contributed by atoms with Crippen molar-refractivity contribution >= 4 is 5.96 Å². The lowest BCUT2D eigenvalue weighted by Crippen LogP contribution is -2.39. The van der Waals surface area contributed by atoms with E-state index in [0.29, 0.717) is 5.92 Å². The lowest BCUT2D eigenvalue weighted by molar-refractivity contribution is 0.0925. The fraction of sp³-hybridized carbons (Fsp3) is 0.435. The standard InChI is InChI=1S/C23H31N3O/c1-4-24-23(26-18(3)21-13-9-8-10-17(21)2)25-16-20-14-15-27-22(20)19-11-6-5-7-12-19/h5-13,18,20,22H,4,14-16H2,1-3H3,(H2,24,25,26). The topological polar surface area (TPSA) is 45.7 Å². The SMILES string of the molecule is CCNC(=NCC1CCOC1c1ccccc1)NC(C)c1ccccc1C. The van der Waals surface area contributed by atoms with Crippen molar-refractivity contribution in [1.82, 2.24) is 10.6 Å². The van der Waals surface area contributed by atoms with Crippen molar-refractivity contribution in [1.29, 1.82) is 0 Å². The highest BCUT2D eigenvalue weighted by molar-refractivity contribution is 5.80. The third-order valence-corrected chi connectivity index (χ3v) is 5.18. The maximum absolute atomic E-state index is 6.00. The van der Waals surface area contributed by atoms with Gasteiger partial charge in [0.2, 0.25) is 0 Å². The number of benzene rings is 2. The van der Waals surface area contributed by atoms with E-state index < -0.39 is 0 Å². The van der Waals surface area contributed by atoms with Crippen molar-refractivity contribution in [3.05, 3.63) is 71.3 Å². The molecule has 1 saturated heterocycles. The van der Waals surface area contributed by atoms with Crippen LogP contribution in [-0.4, -0.2) is 25.7 Å². The zero-order valence-corrected chi connectivity index (χ0v) is 16.6. The highest BCUT2D eigenvalue weighted by Gasteiger charge is 2.29. The first-order chi connectivity index (χ1) is 13.2. The molecule has 0 aromatic heterocycles. The normalized spacial score (nSPS) is 21.1. The van der Waals surface area contributed by atoms with Crippen LogP contribution < -0.4 is 10.6 Å². The minimum Gasteiger partial charge on any atom is -0.373 e. The lowest BCUT2D eigenvalue weighted by Gasteiger charge is -2.21. The fourth-order valence-corrected chi connectivity index (χ4v) is 3.72. The number of aryl methyl sites for hydroxylation is 1. The Bertz CT molecular complexity index is 744. The van der Waals surface area contributed by atoms with Gasteiger partial charge in [0.1, 0.15) is 0 Å². The Morgan fingerprint density at radius 1 is 1.15 bits per heavy atom. The van der Waals surface area contributed by atoms with Crippen LogP contribution in [-0.2, 0) is 4.74 Å². The van der Waals surface area contributed by atoms with Crippen LogP contribution in [0, 0.1) is 12.8 Å². The van der Waals surface area contributed by atoms with Gasteiger partial charge >= 0.3 is 0 Å². The van der Waals surface area contributed by atoms with E-state index in [2.05, 4.69) is 79.9 Å². The van der Waals surface area contributed by atoms with Gasteiger partial charge in [0, 0.05) is 25.6 Å². The van der Waals surface area contributed by atoms with E-state index in [4.69, 9.17) is 9.73 Å². The summed E-state index contributed by atoms with van der Waals surface area (Å²) in [5.41, 5.74) is 3.84. The van der Waals surface area contributed by atoms with Crippen LogP contribution in [0.25, 0.3) is 0 Å². The summed E-state index contributed by atoms with van der Waals surface area (Å²) in [6.07, 6.45) is 1.20. The number of nitrogens with zero attached hydrogens (tertiary/aromatic N) is 1. The molecule has 27 heavy (non-hydrogen) atoms. The Kier molecular flexibility index (Phi) is 6.88. The molecule has 0 saturated carbocycles. The minimum atomic E-state index is 0.145. The molecule has 2 aromatic carbocycles. The molecular formula is C23H31N3O. The third kappa shape index (κ3) is 5.10. The van der Waals surface area contributed by atoms with Crippen LogP contribution in [0.3, 0.4) is 0 Å². The average molecular weight is 366 g/mol. The first kappa shape index (κ1) is 19.4. The first-order valence-electron chi connectivity index (χ1n) is 9.96. The molecule has 0 aliphatic carbocycles. The molecule has 0 bridgehead atoms. The average Bonchev–Trinajstić information content (AvgIpc) is 3.16. The molecule has 4 nitrogen and oxygen atoms in total. The second-order valence-electron chi connectivity index (χ2n) is 7.19. The number of hydrogen-bond acceptors (Lipinski definition) is 2. The van der Waals surface area contributed by atoms with Crippen molar-refractivity contribution in [2.45, 2.75) is 39.3 Å². The molecule has 0 spiro atoms. The molecule has 3 atom stereocenters. The van der Waals surface area contributed by atoms with Gasteiger partial charge in [-0.15, -0.1) is 0 Å². The Morgan fingerprint density at radius 2 is 1.89 bits per heavy atom. The predicted molar refractivity (Wildman–Crippen MR) is 112 cm³/mol. The summed E-state index contributed by atoms with van der Waals surface area (Å²) >= 11 is 0. The summed E-state index contributed by atoms with van der Waals surface area (Å²) in [7, 11) is 0.